The molecule has 1 aromatic heterocycles. The summed E-state index contributed by atoms with van der Waals surface area (Å²) in [6.45, 7) is 16.7. The lowest BCUT2D eigenvalue weighted by molar-refractivity contribution is -0.346. The molecule has 5 heterocycles. The van der Waals surface area contributed by atoms with Crippen LogP contribution < -0.4 is 0 Å². The Morgan fingerprint density at radius 3 is 2.00 bits per heavy atom. The molecule has 4 aliphatic heterocycles. The Bertz CT molecular complexity index is 2400. The molecule has 12 aliphatic rings. The van der Waals surface area contributed by atoms with Gasteiger partial charge in [-0.3, -0.25) is 14.8 Å². The number of aliphatic hydroxyl groups is 5. The van der Waals surface area contributed by atoms with Gasteiger partial charge in [0.1, 0.15) is 29.0 Å². The van der Waals surface area contributed by atoms with Crippen molar-refractivity contribution in [3.8, 4) is 0 Å². The number of hydrogen-bond acceptors (Lipinski definition) is 12. The van der Waals surface area contributed by atoms with Crippen LogP contribution >= 0.6 is 0 Å². The standard InChI is InChI=1S/C54H74N2O10/c1-27-51(61)14-13-33-31-11-9-29-17-37-40(23-48(29,7)35(31)20-42(59)50(33,51)26-63-52(27)16-15-45(3,4)65-52)56-38-18-30-10-12-32-34(47(30,6)22-39(38)55-37)19-41(58)49(8)36(32)21-44-53(49,62)28(2)54(64-44)43(60)24-46(5,25-57)66-54/h13,21,27-32,34-35,41,43-44,57-58,60-62H,9-12,14-20,22-26H2,1-8H3/t27-,28-,29-,30-,31-,32+,34-,35-,41+,43+,44-,46-,47-,48-,49+,50+,51-,52-,53+,54-/m0/s1. The van der Waals surface area contributed by atoms with Crippen molar-refractivity contribution in [2.24, 2.45) is 69.0 Å². The molecule has 13 rings (SSSR count). The summed E-state index contributed by atoms with van der Waals surface area (Å²) in [6, 6.07) is 0. The average molecular weight is 911 g/mol. The third-order valence-electron chi connectivity index (χ3n) is 23.1. The molecule has 360 valence electrons. The minimum atomic E-state index is -1.50. The van der Waals surface area contributed by atoms with Gasteiger partial charge in [-0.05, 0) is 138 Å². The third-order valence-corrected chi connectivity index (χ3v) is 23.1. The van der Waals surface area contributed by atoms with E-state index in [-0.39, 0.29) is 71.4 Å². The molecule has 0 radical (unpaired) electrons. The van der Waals surface area contributed by atoms with Crippen molar-refractivity contribution in [3.05, 3.63) is 46.1 Å². The minimum absolute atomic E-state index is 0.122. The van der Waals surface area contributed by atoms with Gasteiger partial charge in [0.15, 0.2) is 5.79 Å². The molecular formula is C54H74N2O10. The van der Waals surface area contributed by atoms with Crippen LogP contribution in [0.3, 0.4) is 0 Å². The van der Waals surface area contributed by atoms with E-state index in [1.807, 2.05) is 13.8 Å². The molecule has 0 unspecified atom stereocenters. The van der Waals surface area contributed by atoms with Gasteiger partial charge in [-0.25, -0.2) is 0 Å². The molecule has 66 heavy (non-hydrogen) atoms. The Balaban J connectivity index is 0.767. The van der Waals surface area contributed by atoms with Crippen LogP contribution in [0.25, 0.3) is 0 Å². The Kier molecular flexibility index (Phi) is 8.66. The van der Waals surface area contributed by atoms with Crippen LogP contribution in [-0.2, 0) is 49.4 Å². The van der Waals surface area contributed by atoms with E-state index in [1.54, 1.807) is 6.92 Å². The number of carbonyl (C=O) groups is 1. The molecule has 0 amide bonds. The van der Waals surface area contributed by atoms with Crippen molar-refractivity contribution >= 4 is 5.78 Å². The van der Waals surface area contributed by atoms with Gasteiger partial charge in [0.2, 0.25) is 5.79 Å². The second kappa shape index (κ2) is 13.0. The lowest BCUT2D eigenvalue weighted by atomic mass is 9.44. The number of Topliss-reactive ketones (excluding diaryl/α,β-unsaturated/α-hetero) is 1. The number of ketones is 1. The maximum Gasteiger partial charge on any atom is 0.201 e. The summed E-state index contributed by atoms with van der Waals surface area (Å²) in [5.74, 6) is -1.70. The van der Waals surface area contributed by atoms with Crippen LogP contribution in [0.5, 0.6) is 0 Å². The number of rotatable bonds is 1. The van der Waals surface area contributed by atoms with Gasteiger partial charge in [0, 0.05) is 36.5 Å². The van der Waals surface area contributed by atoms with E-state index in [0.29, 0.717) is 31.1 Å². The van der Waals surface area contributed by atoms with E-state index in [1.165, 1.54) is 0 Å². The van der Waals surface area contributed by atoms with Crippen molar-refractivity contribution in [1.82, 2.24) is 9.97 Å². The fraction of sp³-hybridized carbons (Fsp3) is 0.833. The van der Waals surface area contributed by atoms with Crippen LogP contribution in [0.4, 0.5) is 0 Å². The molecule has 3 spiro atoms. The Labute approximate surface area is 389 Å². The third kappa shape index (κ3) is 4.87. The van der Waals surface area contributed by atoms with E-state index in [0.717, 1.165) is 98.1 Å². The van der Waals surface area contributed by atoms with Gasteiger partial charge in [0.25, 0.3) is 0 Å². The van der Waals surface area contributed by atoms with Gasteiger partial charge in [-0.15, -0.1) is 0 Å². The van der Waals surface area contributed by atoms with Crippen LogP contribution in [0.2, 0.25) is 0 Å². The van der Waals surface area contributed by atoms with Crippen LogP contribution in [0, 0.1) is 69.0 Å². The van der Waals surface area contributed by atoms with Gasteiger partial charge in [-0.2, -0.15) is 0 Å². The number of fused-ring (bicyclic) bond motifs is 13. The topological polar surface area (TPSA) is 181 Å². The van der Waals surface area contributed by atoms with E-state index in [2.05, 4.69) is 46.8 Å². The van der Waals surface area contributed by atoms with Crippen molar-refractivity contribution in [2.75, 3.05) is 13.2 Å². The second-order valence-electron chi connectivity index (χ2n) is 26.1. The zero-order valence-electron chi connectivity index (χ0n) is 40.5. The van der Waals surface area contributed by atoms with Crippen molar-refractivity contribution in [2.45, 2.75) is 198 Å². The molecule has 20 atom stereocenters. The van der Waals surface area contributed by atoms with Gasteiger partial charge >= 0.3 is 0 Å². The average Bonchev–Trinajstić information content (AvgIpc) is 3.98. The largest absolute Gasteiger partial charge is 0.393 e. The molecular weight excluding hydrogens is 837 g/mol. The minimum Gasteiger partial charge on any atom is -0.393 e. The lowest BCUT2D eigenvalue weighted by Crippen LogP contribution is -2.71. The number of aromatic nitrogens is 2. The maximum atomic E-state index is 15.0. The Morgan fingerprint density at radius 1 is 0.758 bits per heavy atom. The van der Waals surface area contributed by atoms with Gasteiger partial charge in [0.05, 0.1) is 58.9 Å². The molecule has 4 saturated heterocycles. The number of nitrogens with zero attached hydrogens (tertiary/aromatic N) is 2. The quantitative estimate of drug-likeness (QED) is 0.219. The smallest absolute Gasteiger partial charge is 0.201 e. The first-order chi connectivity index (χ1) is 31.0. The van der Waals surface area contributed by atoms with Crippen molar-refractivity contribution in [1.29, 1.82) is 0 Å². The molecule has 4 saturated carbocycles. The SMILES string of the molecule is C[C@@H]1[C@]2(O[C@H]3C=C4[C@@H]5CC[C@H]6Cc7nc8c(nc7C[C@]6(C)[C@H]5C[C@@H](O)[C@]4(C)[C@]31O)C[C@@H]1CC[C@H]3C4=CC[C@]5(O)[C@H](C)[C@@]6(CCC(C)(C)O6)OC[C@]45C(=O)C[C@@H]3[C@@]1(C)C8)O[C@](C)(CO)C[C@H]2O. The highest BCUT2D eigenvalue weighted by atomic mass is 16.7. The molecule has 1 aromatic rings. The Hall–Kier alpha value is -2.13. The molecule has 0 bridgehead atoms. The fourth-order valence-corrected chi connectivity index (χ4v) is 19.1. The molecule has 8 fully saturated rings. The molecule has 12 nitrogen and oxygen atoms in total. The first-order valence-corrected chi connectivity index (χ1v) is 25.9. The van der Waals surface area contributed by atoms with Gasteiger partial charge < -0.3 is 44.5 Å². The van der Waals surface area contributed by atoms with Crippen molar-refractivity contribution < 1.29 is 49.3 Å². The summed E-state index contributed by atoms with van der Waals surface area (Å²) in [4.78, 5) is 26.1. The van der Waals surface area contributed by atoms with E-state index < -0.39 is 63.4 Å². The van der Waals surface area contributed by atoms with E-state index in [9.17, 15) is 30.3 Å². The predicted octanol–water partition coefficient (Wildman–Crippen LogP) is 5.65. The molecule has 0 aromatic carbocycles. The lowest BCUT2D eigenvalue weighted by Gasteiger charge is -2.62. The van der Waals surface area contributed by atoms with Crippen LogP contribution in [0.15, 0.2) is 23.3 Å². The zero-order chi connectivity index (χ0) is 46.4. The van der Waals surface area contributed by atoms with Gasteiger partial charge in [-0.1, -0.05) is 57.9 Å². The summed E-state index contributed by atoms with van der Waals surface area (Å²) in [5, 5.41) is 59.7. The van der Waals surface area contributed by atoms with E-state index >= 15 is 0 Å². The summed E-state index contributed by atoms with van der Waals surface area (Å²) in [7, 11) is 0. The summed E-state index contributed by atoms with van der Waals surface area (Å²) < 4.78 is 26.4. The van der Waals surface area contributed by atoms with Crippen LogP contribution in [0.1, 0.15) is 142 Å². The van der Waals surface area contributed by atoms with E-state index in [4.69, 9.17) is 28.9 Å². The number of aliphatic hydroxyl groups excluding tert-OH is 3. The first kappa shape index (κ1) is 43.9. The predicted molar refractivity (Wildman–Crippen MR) is 240 cm³/mol. The summed E-state index contributed by atoms with van der Waals surface area (Å²) in [6.07, 6.45) is 12.3. The maximum absolute atomic E-state index is 15.0. The zero-order valence-corrected chi connectivity index (χ0v) is 40.5. The number of ether oxygens (including phenoxy) is 4. The van der Waals surface area contributed by atoms with Crippen LogP contribution in [-0.4, -0.2) is 107 Å². The summed E-state index contributed by atoms with van der Waals surface area (Å²) >= 11 is 0. The second-order valence-corrected chi connectivity index (χ2v) is 26.1. The fourth-order valence-electron chi connectivity index (χ4n) is 19.1. The monoisotopic (exact) mass is 911 g/mol. The normalized spacial score (nSPS) is 56.8. The highest BCUT2D eigenvalue weighted by Crippen LogP contribution is 2.73. The number of carbonyl (C=O) groups excluding carboxylic acids is 1. The highest BCUT2D eigenvalue weighted by Gasteiger charge is 2.79. The first-order valence-electron chi connectivity index (χ1n) is 25.9. The van der Waals surface area contributed by atoms with Crippen molar-refractivity contribution in [3.63, 3.8) is 0 Å². The Morgan fingerprint density at radius 2 is 1.39 bits per heavy atom. The summed E-state index contributed by atoms with van der Waals surface area (Å²) in [5.41, 5.74) is 0.379. The molecule has 5 N–H and O–H groups in total. The molecule has 12 heteroatoms. The molecule has 8 aliphatic carbocycles. The number of hydrogen-bond donors (Lipinski definition) is 5. The highest BCUT2D eigenvalue weighted by molar-refractivity contribution is 5.92.